The minimum Gasteiger partial charge on any atom is -0.346 e. The Morgan fingerprint density at radius 3 is 2.50 bits per heavy atom. The third kappa shape index (κ3) is 3.13. The number of allylic oxidation sites excluding steroid dienone is 2. The summed E-state index contributed by atoms with van der Waals surface area (Å²) < 4.78 is 2.35. The first-order valence-corrected chi connectivity index (χ1v) is 6.48. The number of hydrogen-bond acceptors (Lipinski definition) is 0. The zero-order valence-electron chi connectivity index (χ0n) is 11.5. The molecule has 0 aliphatic carbocycles. The second kappa shape index (κ2) is 5.72. The maximum Gasteiger partial charge on any atom is 0.0473 e. The highest BCUT2D eigenvalue weighted by Gasteiger charge is 2.04. The van der Waals surface area contributed by atoms with Gasteiger partial charge in [0, 0.05) is 24.9 Å². The molecule has 0 aliphatic rings. The molecule has 1 heterocycles. The molecule has 1 aromatic carbocycles. The molecule has 0 atom stereocenters. The number of nitrogens with zero attached hydrogens (tertiary/aromatic N) is 1. The van der Waals surface area contributed by atoms with Crippen molar-refractivity contribution in [2.24, 2.45) is 0 Å². The van der Waals surface area contributed by atoms with Crippen LogP contribution in [0.4, 0.5) is 0 Å². The summed E-state index contributed by atoms with van der Waals surface area (Å²) in [4.78, 5) is 0. The summed E-state index contributed by atoms with van der Waals surface area (Å²) in [7, 11) is 0. The van der Waals surface area contributed by atoms with Gasteiger partial charge in [0.1, 0.15) is 0 Å². The van der Waals surface area contributed by atoms with Crippen molar-refractivity contribution in [3.63, 3.8) is 0 Å². The number of aromatic nitrogens is 1. The molecule has 0 fully saturated rings. The van der Waals surface area contributed by atoms with Crippen LogP contribution in [-0.2, 0) is 13.0 Å². The van der Waals surface area contributed by atoms with Crippen molar-refractivity contribution in [3.8, 4) is 0 Å². The van der Waals surface area contributed by atoms with E-state index in [1.165, 1.54) is 22.4 Å². The van der Waals surface area contributed by atoms with E-state index in [1.807, 2.05) is 0 Å². The van der Waals surface area contributed by atoms with E-state index in [0.717, 1.165) is 13.0 Å². The summed E-state index contributed by atoms with van der Waals surface area (Å²) in [5, 5.41) is 0. The lowest BCUT2D eigenvalue weighted by atomic mass is 10.1. The van der Waals surface area contributed by atoms with Crippen LogP contribution < -0.4 is 0 Å². The molecule has 94 valence electrons. The van der Waals surface area contributed by atoms with Gasteiger partial charge in [-0.1, -0.05) is 42.0 Å². The Hall–Kier alpha value is -1.76. The maximum absolute atomic E-state index is 2.35. The predicted molar refractivity (Wildman–Crippen MR) is 77.8 cm³/mol. The van der Waals surface area contributed by atoms with Gasteiger partial charge in [-0.25, -0.2) is 0 Å². The van der Waals surface area contributed by atoms with E-state index in [0.29, 0.717) is 0 Å². The van der Waals surface area contributed by atoms with Crippen molar-refractivity contribution in [3.05, 3.63) is 71.1 Å². The standard InChI is InChI=1S/C17H21N/c1-14(2)9-10-17-15(3)11-12-18(17)13-16-7-5-4-6-8-16/h4-9,11-12H,10,13H2,1-3H3. The summed E-state index contributed by atoms with van der Waals surface area (Å²) in [5.41, 5.74) is 5.52. The van der Waals surface area contributed by atoms with Gasteiger partial charge in [-0.05, 0) is 38.0 Å². The lowest BCUT2D eigenvalue weighted by Gasteiger charge is -2.09. The third-order valence-electron chi connectivity index (χ3n) is 3.21. The topological polar surface area (TPSA) is 4.93 Å². The highest BCUT2D eigenvalue weighted by molar-refractivity contribution is 5.25. The Balaban J connectivity index is 2.21. The molecule has 1 heteroatoms. The van der Waals surface area contributed by atoms with Gasteiger partial charge in [-0.2, -0.15) is 0 Å². The summed E-state index contributed by atoms with van der Waals surface area (Å²) in [6, 6.07) is 12.8. The zero-order chi connectivity index (χ0) is 13.0. The van der Waals surface area contributed by atoms with Crippen LogP contribution in [-0.4, -0.2) is 4.57 Å². The average molecular weight is 239 g/mol. The van der Waals surface area contributed by atoms with Gasteiger partial charge in [-0.3, -0.25) is 0 Å². The second-order valence-corrected chi connectivity index (χ2v) is 5.04. The van der Waals surface area contributed by atoms with Gasteiger partial charge in [-0.15, -0.1) is 0 Å². The molecule has 0 spiro atoms. The molecule has 2 aromatic rings. The van der Waals surface area contributed by atoms with Crippen LogP contribution in [0.1, 0.15) is 30.7 Å². The van der Waals surface area contributed by atoms with Crippen LogP contribution in [0.3, 0.4) is 0 Å². The first kappa shape index (κ1) is 12.7. The van der Waals surface area contributed by atoms with Crippen molar-refractivity contribution in [1.29, 1.82) is 0 Å². The van der Waals surface area contributed by atoms with E-state index >= 15 is 0 Å². The smallest absolute Gasteiger partial charge is 0.0473 e. The maximum atomic E-state index is 2.35. The fraction of sp³-hybridized carbons (Fsp3) is 0.294. The van der Waals surface area contributed by atoms with Crippen LogP contribution >= 0.6 is 0 Å². The summed E-state index contributed by atoms with van der Waals surface area (Å²) in [6.45, 7) is 7.45. The molecular weight excluding hydrogens is 218 g/mol. The third-order valence-corrected chi connectivity index (χ3v) is 3.21. The molecule has 0 aliphatic heterocycles. The minimum atomic E-state index is 0.959. The van der Waals surface area contributed by atoms with Crippen molar-refractivity contribution in [2.45, 2.75) is 33.7 Å². The van der Waals surface area contributed by atoms with Gasteiger partial charge in [0.05, 0.1) is 0 Å². The largest absolute Gasteiger partial charge is 0.346 e. The van der Waals surface area contributed by atoms with E-state index in [4.69, 9.17) is 0 Å². The summed E-state index contributed by atoms with van der Waals surface area (Å²) in [5.74, 6) is 0. The monoisotopic (exact) mass is 239 g/mol. The normalized spacial score (nSPS) is 10.4. The molecule has 0 saturated carbocycles. The summed E-state index contributed by atoms with van der Waals surface area (Å²) in [6.07, 6.45) is 5.51. The van der Waals surface area contributed by atoms with Crippen molar-refractivity contribution >= 4 is 0 Å². The molecule has 0 N–H and O–H groups in total. The van der Waals surface area contributed by atoms with Crippen molar-refractivity contribution < 1.29 is 0 Å². The Kier molecular flexibility index (Phi) is 4.03. The Bertz CT molecular complexity index is 528. The highest BCUT2D eigenvalue weighted by Crippen LogP contribution is 2.14. The fourth-order valence-corrected chi connectivity index (χ4v) is 2.12. The van der Waals surface area contributed by atoms with Gasteiger partial charge < -0.3 is 4.57 Å². The first-order valence-electron chi connectivity index (χ1n) is 6.48. The highest BCUT2D eigenvalue weighted by atomic mass is 15.0. The van der Waals surface area contributed by atoms with E-state index in [2.05, 4.69) is 74.0 Å². The van der Waals surface area contributed by atoms with Crippen molar-refractivity contribution in [1.82, 2.24) is 4.57 Å². The minimum absolute atomic E-state index is 0.959. The molecule has 2 rings (SSSR count). The number of benzene rings is 1. The molecule has 18 heavy (non-hydrogen) atoms. The van der Waals surface area contributed by atoms with Gasteiger partial charge in [0.15, 0.2) is 0 Å². The molecule has 0 saturated heterocycles. The van der Waals surface area contributed by atoms with Gasteiger partial charge >= 0.3 is 0 Å². The first-order chi connectivity index (χ1) is 8.66. The SMILES string of the molecule is CC(C)=CCc1c(C)ccn1Cc1ccccc1. The summed E-state index contributed by atoms with van der Waals surface area (Å²) >= 11 is 0. The Morgan fingerprint density at radius 1 is 1.11 bits per heavy atom. The van der Waals surface area contributed by atoms with Crippen LogP contribution in [0.2, 0.25) is 0 Å². The molecule has 0 bridgehead atoms. The molecule has 0 unspecified atom stereocenters. The van der Waals surface area contributed by atoms with E-state index in [9.17, 15) is 0 Å². The second-order valence-electron chi connectivity index (χ2n) is 5.04. The van der Waals surface area contributed by atoms with E-state index in [-0.39, 0.29) is 0 Å². The van der Waals surface area contributed by atoms with Crippen LogP contribution in [0, 0.1) is 6.92 Å². The van der Waals surface area contributed by atoms with Crippen molar-refractivity contribution in [2.75, 3.05) is 0 Å². The lowest BCUT2D eigenvalue weighted by molar-refractivity contribution is 0.758. The van der Waals surface area contributed by atoms with Crippen LogP contribution in [0.15, 0.2) is 54.2 Å². The fourth-order valence-electron chi connectivity index (χ4n) is 2.12. The average Bonchev–Trinajstić information content (AvgIpc) is 2.69. The zero-order valence-corrected chi connectivity index (χ0v) is 11.5. The predicted octanol–water partition coefficient (Wildman–Crippen LogP) is 4.35. The number of aryl methyl sites for hydroxylation is 1. The molecule has 0 radical (unpaired) electrons. The van der Waals surface area contributed by atoms with Gasteiger partial charge in [0.25, 0.3) is 0 Å². The Morgan fingerprint density at radius 2 is 1.83 bits per heavy atom. The van der Waals surface area contributed by atoms with Crippen LogP contribution in [0.5, 0.6) is 0 Å². The quantitative estimate of drug-likeness (QED) is 0.699. The van der Waals surface area contributed by atoms with Gasteiger partial charge in [0.2, 0.25) is 0 Å². The number of rotatable bonds is 4. The van der Waals surface area contributed by atoms with E-state index in [1.54, 1.807) is 0 Å². The van der Waals surface area contributed by atoms with Crippen LogP contribution in [0.25, 0.3) is 0 Å². The molecule has 0 amide bonds. The molecule has 1 nitrogen and oxygen atoms in total. The lowest BCUT2D eigenvalue weighted by Crippen LogP contribution is -2.03. The molecule has 1 aromatic heterocycles. The molecular formula is C17H21N. The Labute approximate surface area is 110 Å². The van der Waals surface area contributed by atoms with E-state index < -0.39 is 0 Å². The number of hydrogen-bond donors (Lipinski definition) is 0.